The van der Waals surface area contributed by atoms with Crippen molar-refractivity contribution in [3.05, 3.63) is 24.0 Å². The average molecular weight is 431 g/mol. The molecule has 0 N–H and O–H groups in total. The van der Waals surface area contributed by atoms with Gasteiger partial charge in [-0.25, -0.2) is 4.79 Å². The molecule has 172 valence electrons. The molecule has 0 amide bonds. The first-order chi connectivity index (χ1) is 14.5. The van der Waals surface area contributed by atoms with E-state index in [1.165, 1.54) is 12.3 Å². The van der Waals surface area contributed by atoms with E-state index in [0.717, 1.165) is 37.7 Å². The van der Waals surface area contributed by atoms with E-state index >= 15 is 0 Å². The molecule has 0 spiro atoms. The Bertz CT molecular complexity index is 792. The minimum absolute atomic E-state index is 0.0103. The number of allylic oxidation sites excluding steroid dienone is 2. The number of esters is 1. The number of carbonyl (C=O) groups is 3. The van der Waals surface area contributed by atoms with Crippen LogP contribution in [-0.4, -0.2) is 30.2 Å². The van der Waals surface area contributed by atoms with Crippen LogP contribution in [0.3, 0.4) is 0 Å². The summed E-state index contributed by atoms with van der Waals surface area (Å²) in [6, 6.07) is 0. The summed E-state index contributed by atoms with van der Waals surface area (Å²) in [6.07, 6.45) is 9.66. The van der Waals surface area contributed by atoms with Gasteiger partial charge in [-0.1, -0.05) is 12.5 Å². The van der Waals surface area contributed by atoms with E-state index < -0.39 is 5.97 Å². The number of ketones is 2. The summed E-state index contributed by atoms with van der Waals surface area (Å²) in [7, 11) is 1.79. The van der Waals surface area contributed by atoms with Gasteiger partial charge in [-0.05, 0) is 89.0 Å². The van der Waals surface area contributed by atoms with Crippen LogP contribution in [0, 0.1) is 35.0 Å². The van der Waals surface area contributed by atoms with Gasteiger partial charge in [0.05, 0.1) is 11.9 Å². The molecule has 0 aliphatic heterocycles. The Kier molecular flexibility index (Phi) is 6.95. The number of carbonyl (C=O) groups excluding carboxylic acids is 3. The van der Waals surface area contributed by atoms with Crippen LogP contribution in [0.2, 0.25) is 0 Å². The zero-order valence-electron chi connectivity index (χ0n) is 19.9. The second-order valence-corrected chi connectivity index (χ2v) is 10.8. The van der Waals surface area contributed by atoms with Crippen molar-refractivity contribution in [2.24, 2.45) is 35.0 Å². The normalized spacial score (nSPS) is 39.7. The molecule has 3 fully saturated rings. The lowest BCUT2D eigenvalue weighted by Gasteiger charge is -2.54. The first-order valence-corrected chi connectivity index (χ1v) is 11.6. The van der Waals surface area contributed by atoms with Crippen molar-refractivity contribution in [1.29, 1.82) is 0 Å². The Morgan fingerprint density at radius 1 is 1.13 bits per heavy atom. The molecule has 3 rings (SSSR count). The molecule has 0 heterocycles. The third kappa shape index (κ3) is 4.72. The largest absolute Gasteiger partial charge is 0.432 e. The summed E-state index contributed by atoms with van der Waals surface area (Å²) in [6.45, 7) is 9.68. The Labute approximate surface area is 186 Å². The lowest BCUT2D eigenvalue weighted by atomic mass is 9.54. The SMILES string of the molecule is CO[C@@]1(C)CC[C@H]2C(=O)[C@@H](CC(C)=O)[C@H](/C=C/OC(=O)C=C(C)C)[C@@]3(C)CC[C@@H]1[C@@H]2C3. The molecule has 3 aliphatic carbocycles. The summed E-state index contributed by atoms with van der Waals surface area (Å²) >= 11 is 0. The number of rotatable bonds is 6. The molecule has 0 unspecified atom stereocenters. The van der Waals surface area contributed by atoms with Gasteiger partial charge in [0.2, 0.25) is 0 Å². The van der Waals surface area contributed by atoms with Crippen LogP contribution < -0.4 is 0 Å². The van der Waals surface area contributed by atoms with Gasteiger partial charge < -0.3 is 14.3 Å². The van der Waals surface area contributed by atoms with Gasteiger partial charge in [0.1, 0.15) is 11.6 Å². The van der Waals surface area contributed by atoms with E-state index in [0.29, 0.717) is 5.92 Å². The molecule has 5 nitrogen and oxygen atoms in total. The van der Waals surface area contributed by atoms with E-state index in [9.17, 15) is 14.4 Å². The maximum Gasteiger partial charge on any atom is 0.335 e. The van der Waals surface area contributed by atoms with E-state index in [1.54, 1.807) is 14.0 Å². The fraction of sp³-hybridized carbons (Fsp3) is 0.731. The van der Waals surface area contributed by atoms with E-state index in [1.807, 2.05) is 19.9 Å². The Morgan fingerprint density at radius 3 is 2.45 bits per heavy atom. The monoisotopic (exact) mass is 430 g/mol. The average Bonchev–Trinajstić information content (AvgIpc) is 2.74. The molecule has 2 bridgehead atoms. The highest BCUT2D eigenvalue weighted by molar-refractivity contribution is 5.89. The van der Waals surface area contributed by atoms with E-state index in [-0.39, 0.29) is 52.7 Å². The summed E-state index contributed by atoms with van der Waals surface area (Å²) in [5, 5.41) is 0. The van der Waals surface area contributed by atoms with Crippen molar-refractivity contribution < 1.29 is 23.9 Å². The molecule has 0 aromatic heterocycles. The molecule has 0 aromatic rings. The first kappa shape index (κ1) is 23.9. The second kappa shape index (κ2) is 9.01. The van der Waals surface area contributed by atoms with Gasteiger partial charge in [-0.2, -0.15) is 0 Å². The zero-order chi connectivity index (χ0) is 23.0. The predicted molar refractivity (Wildman–Crippen MR) is 119 cm³/mol. The van der Waals surface area contributed by atoms with Crippen LogP contribution in [-0.2, 0) is 23.9 Å². The van der Waals surface area contributed by atoms with Crippen LogP contribution >= 0.6 is 0 Å². The fourth-order valence-electron chi connectivity index (χ4n) is 6.72. The molecule has 31 heavy (non-hydrogen) atoms. The van der Waals surface area contributed by atoms with Crippen molar-refractivity contribution in [3.8, 4) is 0 Å². The Balaban J connectivity index is 1.96. The van der Waals surface area contributed by atoms with Gasteiger partial charge in [0, 0.05) is 31.4 Å². The topological polar surface area (TPSA) is 69.7 Å². The van der Waals surface area contributed by atoms with Crippen LogP contribution in [0.1, 0.15) is 73.1 Å². The van der Waals surface area contributed by atoms with Crippen molar-refractivity contribution in [2.75, 3.05) is 7.11 Å². The van der Waals surface area contributed by atoms with Gasteiger partial charge in [0.15, 0.2) is 0 Å². The molecule has 5 heteroatoms. The molecule has 0 aromatic carbocycles. The van der Waals surface area contributed by atoms with Crippen LogP contribution in [0.15, 0.2) is 24.0 Å². The van der Waals surface area contributed by atoms with Crippen molar-refractivity contribution in [3.63, 3.8) is 0 Å². The third-order valence-corrected chi connectivity index (χ3v) is 8.32. The highest BCUT2D eigenvalue weighted by atomic mass is 16.5. The van der Waals surface area contributed by atoms with Crippen molar-refractivity contribution >= 4 is 17.5 Å². The number of methoxy groups -OCH3 is 1. The van der Waals surface area contributed by atoms with Crippen molar-refractivity contribution in [2.45, 2.75) is 78.7 Å². The third-order valence-electron chi connectivity index (χ3n) is 8.32. The molecule has 3 aliphatic rings. The standard InChI is InChI=1S/C26H38O5/c1-16(2)13-23(28)31-12-9-21-19(14-17(3)27)24(29)18-7-11-26(5,30-6)22-8-10-25(21,4)15-20(18)22/h9,12-13,18-22H,7-8,10-11,14-15H2,1-6H3/b12-9+/t18-,19+,20-,21+,22-,25+,26+/m1/s1. The Hall–Kier alpha value is -1.75. The van der Waals surface area contributed by atoms with Crippen LogP contribution in [0.5, 0.6) is 0 Å². The summed E-state index contributed by atoms with van der Waals surface area (Å²) < 4.78 is 11.3. The van der Waals surface area contributed by atoms with Gasteiger partial charge in [-0.3, -0.25) is 4.79 Å². The van der Waals surface area contributed by atoms with Gasteiger partial charge >= 0.3 is 5.97 Å². The number of fused-ring (bicyclic) bond motifs is 1. The number of ether oxygens (including phenoxy) is 2. The molecule has 3 saturated carbocycles. The maximum atomic E-state index is 13.8. The van der Waals surface area contributed by atoms with Crippen LogP contribution in [0.4, 0.5) is 0 Å². The summed E-state index contributed by atoms with van der Waals surface area (Å²) in [4.78, 5) is 37.9. The van der Waals surface area contributed by atoms with Crippen molar-refractivity contribution in [1.82, 2.24) is 0 Å². The lowest BCUT2D eigenvalue weighted by molar-refractivity contribution is -0.147. The smallest absolute Gasteiger partial charge is 0.335 e. The lowest BCUT2D eigenvalue weighted by Crippen LogP contribution is -2.52. The highest BCUT2D eigenvalue weighted by Crippen LogP contribution is 2.61. The first-order valence-electron chi connectivity index (χ1n) is 11.6. The fourth-order valence-corrected chi connectivity index (χ4v) is 6.72. The summed E-state index contributed by atoms with van der Waals surface area (Å²) in [5.74, 6) is -0.00553. The molecular formula is C26H38O5. The minimum atomic E-state index is -0.419. The highest BCUT2D eigenvalue weighted by Gasteiger charge is 2.59. The van der Waals surface area contributed by atoms with E-state index in [2.05, 4.69) is 13.8 Å². The quantitative estimate of drug-likeness (QED) is 0.335. The molecule has 0 radical (unpaired) electrons. The van der Waals surface area contributed by atoms with Gasteiger partial charge in [0.25, 0.3) is 0 Å². The summed E-state index contributed by atoms with van der Waals surface area (Å²) in [5.41, 5.74) is 0.568. The van der Waals surface area contributed by atoms with Gasteiger partial charge in [-0.15, -0.1) is 0 Å². The van der Waals surface area contributed by atoms with Crippen LogP contribution in [0.25, 0.3) is 0 Å². The Morgan fingerprint density at radius 2 is 1.84 bits per heavy atom. The number of hydrogen-bond donors (Lipinski definition) is 0. The molecular weight excluding hydrogens is 392 g/mol. The molecule has 0 saturated heterocycles. The maximum absolute atomic E-state index is 13.8. The molecule has 7 atom stereocenters. The zero-order valence-corrected chi connectivity index (χ0v) is 19.9. The number of hydrogen-bond acceptors (Lipinski definition) is 5. The minimum Gasteiger partial charge on any atom is -0.432 e. The number of Topliss-reactive ketones (excluding diaryl/α,β-unsaturated/α-hetero) is 2. The van der Waals surface area contributed by atoms with E-state index in [4.69, 9.17) is 9.47 Å². The second-order valence-electron chi connectivity index (χ2n) is 10.8. The predicted octanol–water partition coefficient (Wildman–Crippen LogP) is 5.04.